The Balaban J connectivity index is 2.78. The highest BCUT2D eigenvalue weighted by Gasteiger charge is 2.22. The first-order valence-corrected chi connectivity index (χ1v) is 9.75. The topological polar surface area (TPSA) is 66.5 Å². The lowest BCUT2D eigenvalue weighted by atomic mass is 10.1. The number of hydrogen-bond acceptors (Lipinski definition) is 3. The fourth-order valence-corrected chi connectivity index (χ4v) is 3.93. The molecule has 1 N–H and O–H groups in total. The van der Waals surface area contributed by atoms with Gasteiger partial charge in [-0.25, -0.2) is 8.42 Å². The van der Waals surface area contributed by atoms with E-state index < -0.39 is 10.0 Å². The summed E-state index contributed by atoms with van der Waals surface area (Å²) in [6.45, 7) is 9.91. The van der Waals surface area contributed by atoms with Crippen molar-refractivity contribution < 1.29 is 13.2 Å². The summed E-state index contributed by atoms with van der Waals surface area (Å²) in [4.78, 5) is 12.2. The molecular formula is C17H28N2O3S. The van der Waals surface area contributed by atoms with Crippen LogP contribution < -0.4 is 5.32 Å². The molecule has 0 heterocycles. The molecule has 5 nitrogen and oxygen atoms in total. The number of hydrogen-bond donors (Lipinski definition) is 1. The van der Waals surface area contributed by atoms with Crippen molar-refractivity contribution >= 4 is 21.6 Å². The quantitative estimate of drug-likeness (QED) is 0.830. The normalized spacial score (nSPS) is 13.2. The number of nitrogens with one attached hydrogen (secondary N) is 1. The van der Waals surface area contributed by atoms with Gasteiger partial charge in [-0.2, -0.15) is 4.31 Å². The molecule has 1 atom stereocenters. The van der Waals surface area contributed by atoms with Crippen LogP contribution in [0.3, 0.4) is 0 Å². The van der Waals surface area contributed by atoms with Crippen molar-refractivity contribution in [2.75, 3.05) is 18.1 Å². The molecule has 1 rings (SSSR count). The van der Waals surface area contributed by atoms with E-state index >= 15 is 0 Å². The van der Waals surface area contributed by atoms with E-state index in [1.807, 2.05) is 46.8 Å². The van der Waals surface area contributed by atoms with E-state index in [0.717, 1.165) is 22.4 Å². The predicted molar refractivity (Wildman–Crippen MR) is 95.2 cm³/mol. The predicted octanol–water partition coefficient (Wildman–Crippen LogP) is 3.00. The van der Waals surface area contributed by atoms with E-state index in [0.29, 0.717) is 6.42 Å². The first-order valence-electron chi connectivity index (χ1n) is 7.90. The van der Waals surface area contributed by atoms with E-state index in [4.69, 9.17) is 0 Å². The van der Waals surface area contributed by atoms with Gasteiger partial charge in [0.25, 0.3) is 0 Å². The summed E-state index contributed by atoms with van der Waals surface area (Å²) in [5.41, 5.74) is 3.99. The Labute approximate surface area is 140 Å². The monoisotopic (exact) mass is 340 g/mol. The van der Waals surface area contributed by atoms with Gasteiger partial charge in [0, 0.05) is 24.7 Å². The summed E-state index contributed by atoms with van der Waals surface area (Å²) >= 11 is 0. The van der Waals surface area contributed by atoms with Gasteiger partial charge >= 0.3 is 0 Å². The summed E-state index contributed by atoms with van der Waals surface area (Å²) in [6.07, 6.45) is 2.04. The maximum atomic E-state index is 12.2. The highest BCUT2D eigenvalue weighted by Crippen LogP contribution is 2.22. The van der Waals surface area contributed by atoms with Crippen molar-refractivity contribution in [2.45, 2.75) is 53.5 Å². The molecule has 0 aliphatic rings. The van der Waals surface area contributed by atoms with Gasteiger partial charge in [0.15, 0.2) is 0 Å². The zero-order valence-corrected chi connectivity index (χ0v) is 15.8. The molecule has 23 heavy (non-hydrogen) atoms. The van der Waals surface area contributed by atoms with E-state index in [2.05, 4.69) is 5.32 Å². The Morgan fingerprint density at radius 1 is 1.22 bits per heavy atom. The van der Waals surface area contributed by atoms with Crippen LogP contribution in [0.5, 0.6) is 0 Å². The van der Waals surface area contributed by atoms with E-state index in [1.54, 1.807) is 0 Å². The number of aryl methyl sites for hydroxylation is 3. The number of nitrogens with zero attached hydrogens (tertiary/aromatic N) is 1. The fourth-order valence-electron chi connectivity index (χ4n) is 2.71. The van der Waals surface area contributed by atoms with Gasteiger partial charge < -0.3 is 5.32 Å². The molecule has 1 amide bonds. The lowest BCUT2D eigenvalue weighted by Gasteiger charge is -2.25. The second-order valence-corrected chi connectivity index (χ2v) is 8.14. The summed E-state index contributed by atoms with van der Waals surface area (Å²) in [5, 5.41) is 2.91. The molecule has 6 heteroatoms. The van der Waals surface area contributed by atoms with E-state index in [9.17, 15) is 13.2 Å². The van der Waals surface area contributed by atoms with Crippen molar-refractivity contribution in [1.29, 1.82) is 0 Å². The Bertz CT molecular complexity index is 645. The third-order valence-electron chi connectivity index (χ3n) is 4.01. The lowest BCUT2D eigenvalue weighted by Crippen LogP contribution is -2.39. The van der Waals surface area contributed by atoms with Crippen LogP contribution in [0.4, 0.5) is 5.69 Å². The van der Waals surface area contributed by atoms with Gasteiger partial charge in [-0.15, -0.1) is 0 Å². The summed E-state index contributed by atoms with van der Waals surface area (Å²) in [6, 6.07) is 3.93. The second-order valence-electron chi connectivity index (χ2n) is 6.20. The minimum atomic E-state index is -3.31. The maximum Gasteiger partial charge on any atom is 0.225 e. The minimum Gasteiger partial charge on any atom is -0.326 e. The molecule has 0 radical (unpaired) electrons. The van der Waals surface area contributed by atoms with Crippen LogP contribution in [0.1, 0.15) is 43.4 Å². The highest BCUT2D eigenvalue weighted by molar-refractivity contribution is 7.88. The molecular weight excluding hydrogens is 312 g/mol. The summed E-state index contributed by atoms with van der Waals surface area (Å²) in [5.74, 6) is -0.169. The average Bonchev–Trinajstić information content (AvgIpc) is 2.41. The highest BCUT2D eigenvalue weighted by atomic mass is 32.2. The Morgan fingerprint density at radius 3 is 2.17 bits per heavy atom. The Hall–Kier alpha value is -1.40. The van der Waals surface area contributed by atoms with Gasteiger partial charge in [-0.05, 0) is 45.2 Å². The van der Waals surface area contributed by atoms with Crippen LogP contribution in [0, 0.1) is 20.8 Å². The standard InChI is InChI=1S/C17H28N2O3S/c1-7-15(5)19(23(6,21)22)9-8-16(20)18-17-13(3)10-12(2)11-14(17)4/h10-11,15H,7-9H2,1-6H3,(H,18,20). The smallest absolute Gasteiger partial charge is 0.225 e. The molecule has 1 unspecified atom stereocenters. The van der Waals surface area contributed by atoms with Crippen molar-refractivity contribution in [3.8, 4) is 0 Å². The van der Waals surface area contributed by atoms with Crippen molar-refractivity contribution in [3.05, 3.63) is 28.8 Å². The van der Waals surface area contributed by atoms with Crippen molar-refractivity contribution in [1.82, 2.24) is 4.31 Å². The third-order valence-corrected chi connectivity index (χ3v) is 5.40. The second kappa shape index (κ2) is 7.93. The van der Waals surface area contributed by atoms with Gasteiger partial charge in [0.2, 0.25) is 15.9 Å². The van der Waals surface area contributed by atoms with Crippen molar-refractivity contribution in [3.63, 3.8) is 0 Å². The van der Waals surface area contributed by atoms with E-state index in [1.165, 1.54) is 10.6 Å². The number of sulfonamides is 1. The molecule has 0 aromatic heterocycles. The molecule has 0 saturated heterocycles. The van der Waals surface area contributed by atoms with Crippen LogP contribution in [-0.2, 0) is 14.8 Å². The molecule has 0 aliphatic carbocycles. The molecule has 0 fully saturated rings. The largest absolute Gasteiger partial charge is 0.326 e. The van der Waals surface area contributed by atoms with E-state index in [-0.39, 0.29) is 24.9 Å². The summed E-state index contributed by atoms with van der Waals surface area (Å²) < 4.78 is 25.1. The fraction of sp³-hybridized carbons (Fsp3) is 0.588. The maximum absolute atomic E-state index is 12.2. The van der Waals surface area contributed by atoms with Gasteiger partial charge in [0.1, 0.15) is 0 Å². The van der Waals surface area contributed by atoms with Gasteiger partial charge in [-0.3, -0.25) is 4.79 Å². The van der Waals surface area contributed by atoms with Crippen LogP contribution >= 0.6 is 0 Å². The van der Waals surface area contributed by atoms with Crippen LogP contribution in [0.2, 0.25) is 0 Å². The SMILES string of the molecule is CCC(C)N(CCC(=O)Nc1c(C)cc(C)cc1C)S(C)(=O)=O. The number of carbonyl (C=O) groups is 1. The lowest BCUT2D eigenvalue weighted by molar-refractivity contribution is -0.116. The number of rotatable bonds is 7. The van der Waals surface area contributed by atoms with Crippen molar-refractivity contribution in [2.24, 2.45) is 0 Å². The molecule has 0 bridgehead atoms. The number of anilines is 1. The van der Waals surface area contributed by atoms with Crippen LogP contribution in [0.15, 0.2) is 12.1 Å². The minimum absolute atomic E-state index is 0.111. The first kappa shape index (κ1) is 19.6. The third kappa shape index (κ3) is 5.62. The number of amides is 1. The zero-order valence-electron chi connectivity index (χ0n) is 14.9. The number of benzene rings is 1. The average molecular weight is 340 g/mol. The van der Waals surface area contributed by atoms with Gasteiger partial charge in [-0.1, -0.05) is 24.6 Å². The molecule has 0 aliphatic heterocycles. The zero-order chi connectivity index (χ0) is 17.8. The molecule has 1 aromatic carbocycles. The molecule has 1 aromatic rings. The van der Waals surface area contributed by atoms with Gasteiger partial charge in [0.05, 0.1) is 6.26 Å². The Kier molecular flexibility index (Phi) is 6.77. The molecule has 130 valence electrons. The van der Waals surface area contributed by atoms with Crippen LogP contribution in [-0.4, -0.2) is 37.5 Å². The Morgan fingerprint density at radius 2 is 1.74 bits per heavy atom. The van der Waals surface area contributed by atoms with Crippen LogP contribution in [0.25, 0.3) is 0 Å². The number of carbonyl (C=O) groups excluding carboxylic acids is 1. The molecule has 0 spiro atoms. The molecule has 0 saturated carbocycles. The summed E-state index contributed by atoms with van der Waals surface area (Å²) in [7, 11) is -3.31. The first-order chi connectivity index (χ1) is 10.6.